The van der Waals surface area contributed by atoms with Crippen LogP contribution in [-0.4, -0.2) is 66.5 Å². The lowest BCUT2D eigenvalue weighted by Gasteiger charge is -2.33. The monoisotopic (exact) mass is 338 g/mol. The molecule has 3 N–H and O–H groups in total. The number of nitrogens with one attached hydrogen (secondary N) is 1. The number of hydrogen-bond acceptors (Lipinski definition) is 3. The van der Waals surface area contributed by atoms with E-state index in [1.807, 2.05) is 0 Å². The summed E-state index contributed by atoms with van der Waals surface area (Å²) in [6.07, 6.45) is -3.10. The van der Waals surface area contributed by atoms with E-state index in [-0.39, 0.29) is 12.5 Å². The molecule has 0 atom stereocenters. The van der Waals surface area contributed by atoms with Crippen molar-refractivity contribution >= 4 is 17.8 Å². The van der Waals surface area contributed by atoms with Gasteiger partial charge in [0.05, 0.1) is 0 Å². The summed E-state index contributed by atoms with van der Waals surface area (Å²) in [5, 5.41) is 1.78. The Kier molecular flexibility index (Phi) is 7.11. The lowest BCUT2D eigenvalue weighted by atomic mass is 10.1. The minimum atomic E-state index is -4.86. The van der Waals surface area contributed by atoms with E-state index in [2.05, 4.69) is 0 Å². The maximum Gasteiger partial charge on any atom is 0.471 e. The Bertz CT molecular complexity index is 435. The number of amides is 4. The van der Waals surface area contributed by atoms with Crippen molar-refractivity contribution in [2.45, 2.75) is 31.9 Å². The van der Waals surface area contributed by atoms with Crippen LogP contribution >= 0.6 is 0 Å². The lowest BCUT2D eigenvalue weighted by Crippen LogP contribution is -2.52. The van der Waals surface area contributed by atoms with Gasteiger partial charge in [-0.1, -0.05) is 6.42 Å². The van der Waals surface area contributed by atoms with Crippen LogP contribution in [0.3, 0.4) is 0 Å². The minimum Gasteiger partial charge on any atom is -0.351 e. The first-order chi connectivity index (χ1) is 10.7. The van der Waals surface area contributed by atoms with Crippen LogP contribution in [0.4, 0.5) is 18.0 Å². The van der Waals surface area contributed by atoms with Gasteiger partial charge >= 0.3 is 18.1 Å². The van der Waals surface area contributed by atoms with Crippen LogP contribution in [0.2, 0.25) is 0 Å². The Morgan fingerprint density at radius 3 is 2.04 bits per heavy atom. The first kappa shape index (κ1) is 19.0. The molecule has 0 aromatic carbocycles. The van der Waals surface area contributed by atoms with Crippen LogP contribution in [0.5, 0.6) is 0 Å². The molecule has 1 fully saturated rings. The largest absolute Gasteiger partial charge is 0.471 e. The van der Waals surface area contributed by atoms with Crippen molar-refractivity contribution in [2.75, 3.05) is 32.7 Å². The molecule has 23 heavy (non-hydrogen) atoms. The van der Waals surface area contributed by atoms with E-state index in [4.69, 9.17) is 5.73 Å². The van der Waals surface area contributed by atoms with Crippen LogP contribution in [0.1, 0.15) is 25.7 Å². The predicted octanol–water partition coefficient (Wildman–Crippen LogP) is 0.448. The lowest BCUT2D eigenvalue weighted by molar-refractivity contribution is -0.173. The zero-order valence-electron chi connectivity index (χ0n) is 12.7. The van der Waals surface area contributed by atoms with Crippen LogP contribution in [0.25, 0.3) is 0 Å². The summed E-state index contributed by atoms with van der Waals surface area (Å²) >= 11 is 0. The Morgan fingerprint density at radius 2 is 1.52 bits per heavy atom. The Morgan fingerprint density at radius 1 is 0.957 bits per heavy atom. The number of alkyl halides is 3. The highest BCUT2D eigenvalue weighted by Gasteiger charge is 2.38. The number of unbranched alkanes of at least 4 members (excludes halogenated alkanes) is 2. The van der Waals surface area contributed by atoms with Crippen molar-refractivity contribution in [3.63, 3.8) is 0 Å². The first-order valence-electron chi connectivity index (χ1n) is 7.39. The smallest absolute Gasteiger partial charge is 0.351 e. The fourth-order valence-corrected chi connectivity index (χ4v) is 2.21. The molecule has 7 nitrogen and oxygen atoms in total. The summed E-state index contributed by atoms with van der Waals surface area (Å²) < 4.78 is 35.8. The highest BCUT2D eigenvalue weighted by molar-refractivity contribution is 5.81. The number of nitrogens with two attached hydrogens (primary N) is 1. The second-order valence-corrected chi connectivity index (χ2v) is 5.27. The van der Waals surface area contributed by atoms with Gasteiger partial charge in [-0.2, -0.15) is 13.2 Å². The molecule has 132 valence electrons. The Labute approximate surface area is 132 Å². The molecule has 1 aliphatic rings. The molecule has 0 aromatic heterocycles. The number of urea groups is 1. The average molecular weight is 338 g/mol. The van der Waals surface area contributed by atoms with Gasteiger partial charge in [-0.25, -0.2) is 4.79 Å². The molecule has 1 saturated heterocycles. The van der Waals surface area contributed by atoms with Crippen LogP contribution < -0.4 is 11.1 Å². The van der Waals surface area contributed by atoms with E-state index in [0.29, 0.717) is 51.9 Å². The van der Waals surface area contributed by atoms with Gasteiger partial charge in [0.25, 0.3) is 0 Å². The first-order valence-corrected chi connectivity index (χ1v) is 7.39. The summed E-state index contributed by atoms with van der Waals surface area (Å²) in [6.45, 7) is 1.62. The van der Waals surface area contributed by atoms with Crippen LogP contribution in [0, 0.1) is 0 Å². The molecule has 1 aliphatic heterocycles. The maximum absolute atomic E-state index is 11.9. The number of carbonyl (C=O) groups is 3. The van der Waals surface area contributed by atoms with Crippen molar-refractivity contribution in [3.8, 4) is 0 Å². The van der Waals surface area contributed by atoms with Gasteiger partial charge in [-0.15, -0.1) is 0 Å². The van der Waals surface area contributed by atoms with E-state index in [0.717, 1.165) is 0 Å². The Hall–Kier alpha value is -2.00. The van der Waals surface area contributed by atoms with Crippen LogP contribution in [0.15, 0.2) is 0 Å². The van der Waals surface area contributed by atoms with Crippen molar-refractivity contribution in [2.24, 2.45) is 5.73 Å². The quantitative estimate of drug-likeness (QED) is 0.688. The molecule has 0 bridgehead atoms. The van der Waals surface area contributed by atoms with Crippen molar-refractivity contribution in [1.82, 2.24) is 15.1 Å². The molecule has 0 aromatic rings. The van der Waals surface area contributed by atoms with Gasteiger partial charge in [0.15, 0.2) is 0 Å². The fourth-order valence-electron chi connectivity index (χ4n) is 2.21. The summed E-state index contributed by atoms with van der Waals surface area (Å²) in [7, 11) is 0. The third-order valence-electron chi connectivity index (χ3n) is 3.55. The second kappa shape index (κ2) is 8.59. The number of piperazine rings is 1. The molecular weight excluding hydrogens is 317 g/mol. The zero-order chi connectivity index (χ0) is 17.5. The highest BCUT2D eigenvalue weighted by atomic mass is 19.4. The molecule has 4 amide bonds. The van der Waals surface area contributed by atoms with Gasteiger partial charge in [-0.3, -0.25) is 9.59 Å². The predicted molar refractivity (Wildman–Crippen MR) is 75.3 cm³/mol. The maximum atomic E-state index is 11.9. The molecule has 1 heterocycles. The molecular formula is C13H21F3N4O3. The average Bonchev–Trinajstić information content (AvgIpc) is 2.49. The Balaban J connectivity index is 2.09. The molecule has 0 saturated carbocycles. The summed E-state index contributed by atoms with van der Waals surface area (Å²) in [5.41, 5.74) is 5.15. The van der Waals surface area contributed by atoms with Gasteiger partial charge in [0.2, 0.25) is 5.91 Å². The van der Waals surface area contributed by atoms with Gasteiger partial charge in [0.1, 0.15) is 0 Å². The normalized spacial score (nSPS) is 15.4. The molecule has 10 heteroatoms. The number of primary amides is 1. The van der Waals surface area contributed by atoms with E-state index in [1.165, 1.54) is 4.90 Å². The molecule has 0 aliphatic carbocycles. The molecule has 1 rings (SSSR count). The summed E-state index contributed by atoms with van der Waals surface area (Å²) in [6, 6.07) is -0.502. The number of nitrogens with zero attached hydrogens (tertiary/aromatic N) is 2. The standard InChI is InChI=1S/C13H21F3N4O3/c14-13(15,16)11(22)18-5-3-1-2-4-10(21)19-6-8-20(9-7-19)12(17)23/h1-9H2,(H2,17,23)(H,18,22). The SMILES string of the molecule is NC(=O)N1CCN(C(=O)CCCCCNC(=O)C(F)(F)F)CC1. The second-order valence-electron chi connectivity index (χ2n) is 5.27. The van der Waals surface area contributed by atoms with Crippen molar-refractivity contribution in [1.29, 1.82) is 0 Å². The van der Waals surface area contributed by atoms with Crippen LogP contribution in [-0.2, 0) is 9.59 Å². The fraction of sp³-hybridized carbons (Fsp3) is 0.769. The van der Waals surface area contributed by atoms with Gasteiger partial charge in [-0.05, 0) is 12.8 Å². The zero-order valence-corrected chi connectivity index (χ0v) is 12.7. The van der Waals surface area contributed by atoms with Crippen molar-refractivity contribution < 1.29 is 27.6 Å². The van der Waals surface area contributed by atoms with E-state index >= 15 is 0 Å². The number of halogens is 3. The molecule has 0 unspecified atom stereocenters. The van der Waals surface area contributed by atoms with E-state index < -0.39 is 18.1 Å². The number of carbonyl (C=O) groups excluding carboxylic acids is 3. The van der Waals surface area contributed by atoms with E-state index in [1.54, 1.807) is 10.2 Å². The topological polar surface area (TPSA) is 95.7 Å². The van der Waals surface area contributed by atoms with Gasteiger partial charge in [0, 0.05) is 39.1 Å². The number of rotatable bonds is 6. The highest BCUT2D eigenvalue weighted by Crippen LogP contribution is 2.14. The summed E-state index contributed by atoms with van der Waals surface area (Å²) in [5.74, 6) is -1.99. The number of hydrogen-bond donors (Lipinski definition) is 2. The van der Waals surface area contributed by atoms with Gasteiger partial charge < -0.3 is 20.9 Å². The molecule has 0 radical (unpaired) electrons. The van der Waals surface area contributed by atoms with E-state index in [9.17, 15) is 27.6 Å². The third-order valence-corrected chi connectivity index (χ3v) is 3.55. The van der Waals surface area contributed by atoms with Crippen molar-refractivity contribution in [3.05, 3.63) is 0 Å². The summed E-state index contributed by atoms with van der Waals surface area (Å²) in [4.78, 5) is 36.5. The minimum absolute atomic E-state index is 0.0477. The molecule has 0 spiro atoms. The third kappa shape index (κ3) is 6.74.